The first-order chi connectivity index (χ1) is 13.8. The molecule has 2 aromatic carbocycles. The quantitative estimate of drug-likeness (QED) is 0.407. The van der Waals surface area contributed by atoms with E-state index in [9.17, 15) is 9.59 Å². The third-order valence-corrected chi connectivity index (χ3v) is 4.49. The first-order valence-corrected chi connectivity index (χ1v) is 9.70. The van der Waals surface area contributed by atoms with Crippen LogP contribution in [0.3, 0.4) is 0 Å². The molecular formula is C24H25NO4. The van der Waals surface area contributed by atoms with E-state index < -0.39 is 5.97 Å². The molecule has 0 amide bonds. The first kappa shape index (κ1) is 20.5. The molecule has 0 N–H and O–H groups in total. The number of aliphatic imine (C=N–C) groups is 1. The van der Waals surface area contributed by atoms with Crippen molar-refractivity contribution in [3.63, 3.8) is 0 Å². The summed E-state index contributed by atoms with van der Waals surface area (Å²) in [6.45, 7) is 8.36. The summed E-state index contributed by atoms with van der Waals surface area (Å²) in [4.78, 5) is 28.1. The number of carbonyl (C=O) groups excluding carboxylic acids is 2. The molecule has 2 aromatic rings. The zero-order valence-corrected chi connectivity index (χ0v) is 17.2. The van der Waals surface area contributed by atoms with Gasteiger partial charge in [-0.15, -0.1) is 0 Å². The topological polar surface area (TPSA) is 65.0 Å². The lowest BCUT2D eigenvalue weighted by Gasteiger charge is -2.18. The lowest BCUT2D eigenvalue weighted by atomic mass is 9.87. The van der Waals surface area contributed by atoms with Crippen molar-refractivity contribution in [2.75, 3.05) is 0 Å². The Bertz CT molecular complexity index is 961. The van der Waals surface area contributed by atoms with Crippen LogP contribution >= 0.6 is 0 Å². The van der Waals surface area contributed by atoms with Gasteiger partial charge in [0.1, 0.15) is 5.75 Å². The van der Waals surface area contributed by atoms with Crippen LogP contribution in [0.2, 0.25) is 0 Å². The van der Waals surface area contributed by atoms with Crippen molar-refractivity contribution in [1.82, 2.24) is 0 Å². The van der Waals surface area contributed by atoms with Crippen LogP contribution in [0.25, 0.3) is 6.08 Å². The van der Waals surface area contributed by atoms with Gasteiger partial charge < -0.3 is 9.47 Å². The number of benzene rings is 2. The molecule has 0 atom stereocenters. The van der Waals surface area contributed by atoms with Crippen molar-refractivity contribution in [2.24, 2.45) is 4.99 Å². The maximum Gasteiger partial charge on any atom is 0.363 e. The van der Waals surface area contributed by atoms with E-state index >= 15 is 0 Å². The number of hydrogen-bond donors (Lipinski definition) is 0. The summed E-state index contributed by atoms with van der Waals surface area (Å²) in [5.74, 6) is 0.0256. The van der Waals surface area contributed by atoms with E-state index in [4.69, 9.17) is 9.47 Å². The lowest BCUT2D eigenvalue weighted by Crippen LogP contribution is -2.11. The lowest BCUT2D eigenvalue weighted by molar-refractivity contribution is -0.134. The monoisotopic (exact) mass is 391 g/mol. The molecule has 0 spiro atoms. The van der Waals surface area contributed by atoms with Crippen molar-refractivity contribution in [3.05, 3.63) is 70.9 Å². The molecule has 0 fully saturated rings. The number of ether oxygens (including phenoxy) is 2. The number of esters is 2. The van der Waals surface area contributed by atoms with Gasteiger partial charge in [0.15, 0.2) is 5.70 Å². The number of nitrogens with zero attached hydrogens (tertiary/aromatic N) is 1. The molecule has 0 saturated carbocycles. The zero-order valence-electron chi connectivity index (χ0n) is 17.2. The maximum atomic E-state index is 12.2. The fourth-order valence-electron chi connectivity index (χ4n) is 2.82. The van der Waals surface area contributed by atoms with E-state index in [1.165, 1.54) is 5.56 Å². The molecule has 0 saturated heterocycles. The Labute approximate surface area is 171 Å². The second-order valence-corrected chi connectivity index (χ2v) is 7.96. The normalized spacial score (nSPS) is 15.2. The smallest absolute Gasteiger partial charge is 0.363 e. The summed E-state index contributed by atoms with van der Waals surface area (Å²) in [5, 5.41) is 0. The van der Waals surface area contributed by atoms with Crippen LogP contribution in [0.4, 0.5) is 0 Å². The Morgan fingerprint density at radius 3 is 2.31 bits per heavy atom. The largest absolute Gasteiger partial charge is 0.427 e. The molecule has 150 valence electrons. The zero-order chi connectivity index (χ0) is 21.0. The fraction of sp³-hybridized carbons (Fsp3) is 0.292. The highest BCUT2D eigenvalue weighted by Crippen LogP contribution is 2.25. The fourth-order valence-corrected chi connectivity index (χ4v) is 2.82. The van der Waals surface area contributed by atoms with Crippen molar-refractivity contribution in [3.8, 4) is 5.75 Å². The Balaban J connectivity index is 1.75. The van der Waals surface area contributed by atoms with Crippen molar-refractivity contribution in [2.45, 2.75) is 46.0 Å². The summed E-state index contributed by atoms with van der Waals surface area (Å²) < 4.78 is 10.6. The molecule has 0 aromatic heterocycles. The van der Waals surface area contributed by atoms with Gasteiger partial charge in [0.05, 0.1) is 0 Å². The summed E-state index contributed by atoms with van der Waals surface area (Å²) >= 11 is 0. The molecule has 0 aliphatic carbocycles. The van der Waals surface area contributed by atoms with Gasteiger partial charge in [0.25, 0.3) is 0 Å². The van der Waals surface area contributed by atoms with Crippen LogP contribution in [-0.2, 0) is 19.7 Å². The minimum absolute atomic E-state index is 0.0504. The van der Waals surface area contributed by atoms with Crippen molar-refractivity contribution in [1.29, 1.82) is 0 Å². The number of carbonyl (C=O) groups is 2. The van der Waals surface area contributed by atoms with Gasteiger partial charge in [0, 0.05) is 12.0 Å². The minimum atomic E-state index is -0.488. The number of rotatable bonds is 5. The van der Waals surface area contributed by atoms with Crippen molar-refractivity contribution < 1.29 is 19.1 Å². The van der Waals surface area contributed by atoms with Crippen molar-refractivity contribution >= 4 is 23.9 Å². The Morgan fingerprint density at radius 1 is 1.07 bits per heavy atom. The molecule has 0 bridgehead atoms. The summed E-state index contributed by atoms with van der Waals surface area (Å²) in [5.41, 5.74) is 3.00. The predicted molar refractivity (Wildman–Crippen MR) is 113 cm³/mol. The molecule has 5 nitrogen and oxygen atoms in total. The summed E-state index contributed by atoms with van der Waals surface area (Å²) in [6.07, 6.45) is 2.77. The summed E-state index contributed by atoms with van der Waals surface area (Å²) in [7, 11) is 0. The molecule has 1 aliphatic rings. The van der Waals surface area contributed by atoms with E-state index in [0.717, 1.165) is 17.5 Å². The standard InChI is InChI=1S/C24H25NO4/c1-5-6-21(26)28-19-13-7-16(8-14-19)15-20-23(27)29-22(25-20)17-9-11-18(12-10-17)24(2,3)4/h7-15H,5-6H2,1-4H3/b20-15+. The molecule has 1 aliphatic heterocycles. The Hall–Kier alpha value is -3.21. The summed E-state index contributed by atoms with van der Waals surface area (Å²) in [6, 6.07) is 14.8. The molecule has 5 heteroatoms. The molecule has 3 rings (SSSR count). The average molecular weight is 391 g/mol. The van der Waals surface area contributed by atoms with Crippen LogP contribution in [0.5, 0.6) is 5.75 Å². The Kier molecular flexibility index (Phi) is 5.97. The molecule has 0 unspecified atom stereocenters. The predicted octanol–water partition coefficient (Wildman–Crippen LogP) is 5.03. The van der Waals surface area contributed by atoms with E-state index in [2.05, 4.69) is 25.8 Å². The van der Waals surface area contributed by atoms with Gasteiger partial charge in [-0.25, -0.2) is 9.79 Å². The SMILES string of the molecule is CCCC(=O)Oc1ccc(/C=C2/N=C(c3ccc(C(C)(C)C)cc3)OC2=O)cc1. The highest BCUT2D eigenvalue weighted by atomic mass is 16.6. The van der Waals surface area contributed by atoms with Gasteiger partial charge in [-0.1, -0.05) is 52.0 Å². The highest BCUT2D eigenvalue weighted by Gasteiger charge is 2.24. The van der Waals surface area contributed by atoms with Crippen LogP contribution in [0.1, 0.15) is 57.2 Å². The van der Waals surface area contributed by atoms with Gasteiger partial charge in [-0.05, 0) is 53.3 Å². The van der Waals surface area contributed by atoms with Gasteiger partial charge >= 0.3 is 11.9 Å². The number of hydrogen-bond acceptors (Lipinski definition) is 5. The number of cyclic esters (lactones) is 1. The highest BCUT2D eigenvalue weighted by molar-refractivity contribution is 6.12. The third-order valence-electron chi connectivity index (χ3n) is 4.49. The van der Waals surface area contributed by atoms with Crippen LogP contribution in [0, 0.1) is 0 Å². The van der Waals surface area contributed by atoms with Gasteiger partial charge in [-0.2, -0.15) is 0 Å². The average Bonchev–Trinajstić information content (AvgIpc) is 3.03. The molecular weight excluding hydrogens is 366 g/mol. The Morgan fingerprint density at radius 2 is 1.72 bits per heavy atom. The second kappa shape index (κ2) is 8.43. The van der Waals surface area contributed by atoms with Crippen LogP contribution in [0.15, 0.2) is 59.2 Å². The maximum absolute atomic E-state index is 12.2. The van der Waals surface area contributed by atoms with Gasteiger partial charge in [-0.3, -0.25) is 4.79 Å². The van der Waals surface area contributed by atoms with Crippen LogP contribution in [-0.4, -0.2) is 17.8 Å². The third kappa shape index (κ3) is 5.19. The second-order valence-electron chi connectivity index (χ2n) is 7.96. The van der Waals surface area contributed by atoms with E-state index in [0.29, 0.717) is 18.1 Å². The van der Waals surface area contributed by atoms with Crippen LogP contribution < -0.4 is 4.74 Å². The van der Waals surface area contributed by atoms with E-state index in [1.54, 1.807) is 30.3 Å². The van der Waals surface area contributed by atoms with Gasteiger partial charge in [0.2, 0.25) is 5.90 Å². The minimum Gasteiger partial charge on any atom is -0.427 e. The molecule has 0 radical (unpaired) electrons. The van der Waals surface area contributed by atoms with E-state index in [-0.39, 0.29) is 17.1 Å². The molecule has 29 heavy (non-hydrogen) atoms. The van der Waals surface area contributed by atoms with E-state index in [1.807, 2.05) is 31.2 Å². The first-order valence-electron chi connectivity index (χ1n) is 9.70. The molecule has 1 heterocycles.